The van der Waals surface area contributed by atoms with Crippen LogP contribution in [0, 0.1) is 0 Å². The van der Waals surface area contributed by atoms with Crippen molar-refractivity contribution >= 4 is 5.97 Å². The van der Waals surface area contributed by atoms with Crippen molar-refractivity contribution in [2.75, 3.05) is 6.61 Å². The summed E-state index contributed by atoms with van der Waals surface area (Å²) < 4.78 is 5.21. The van der Waals surface area contributed by atoms with Gasteiger partial charge in [-0.3, -0.25) is 4.79 Å². The molecule has 0 aromatic carbocycles. The molecule has 0 spiro atoms. The van der Waals surface area contributed by atoms with Crippen LogP contribution in [0.5, 0.6) is 0 Å². The zero-order valence-corrected chi connectivity index (χ0v) is 14.4. The molecule has 0 unspecified atom stereocenters. The lowest BCUT2D eigenvalue weighted by Crippen LogP contribution is -2.05. The third-order valence-corrected chi connectivity index (χ3v) is 3.65. The lowest BCUT2D eigenvalue weighted by Gasteiger charge is -2.04. The number of esters is 1. The first-order valence-corrected chi connectivity index (χ1v) is 9.11. The highest BCUT2D eigenvalue weighted by molar-refractivity contribution is 5.69. The molecule has 0 fully saturated rings. The van der Waals surface area contributed by atoms with Crippen LogP contribution < -0.4 is 0 Å². The summed E-state index contributed by atoms with van der Waals surface area (Å²) in [5.41, 5.74) is 0. The largest absolute Gasteiger partial charge is 0.466 e. The van der Waals surface area contributed by atoms with Crippen LogP contribution in [0.2, 0.25) is 0 Å². The van der Waals surface area contributed by atoms with Crippen LogP contribution in [0.15, 0.2) is 12.2 Å². The maximum atomic E-state index is 11.5. The second kappa shape index (κ2) is 17.3. The first kappa shape index (κ1) is 20.2. The number of carbonyl (C=O) groups is 1. The predicted molar refractivity (Wildman–Crippen MR) is 91.5 cm³/mol. The van der Waals surface area contributed by atoms with Crippen molar-refractivity contribution in [3.05, 3.63) is 12.2 Å². The summed E-state index contributed by atoms with van der Waals surface area (Å²) in [5.74, 6) is -0.0185. The molecule has 0 saturated heterocycles. The average molecular weight is 296 g/mol. The van der Waals surface area contributed by atoms with E-state index in [-0.39, 0.29) is 5.97 Å². The lowest BCUT2D eigenvalue weighted by atomic mass is 10.1. The molecule has 0 N–H and O–H groups in total. The van der Waals surface area contributed by atoms with E-state index in [0.717, 1.165) is 25.7 Å². The third-order valence-electron chi connectivity index (χ3n) is 3.65. The Balaban J connectivity index is 3.22. The molecule has 2 heteroatoms. The quantitative estimate of drug-likeness (QED) is 0.204. The van der Waals surface area contributed by atoms with E-state index in [9.17, 15) is 4.79 Å². The topological polar surface area (TPSA) is 26.3 Å². The maximum Gasteiger partial charge on any atom is 0.305 e. The first-order chi connectivity index (χ1) is 10.3. The molecule has 124 valence electrons. The summed E-state index contributed by atoms with van der Waals surface area (Å²) in [4.78, 5) is 11.5. The van der Waals surface area contributed by atoms with Gasteiger partial charge in [-0.15, -0.1) is 0 Å². The Morgan fingerprint density at radius 1 is 0.762 bits per heavy atom. The van der Waals surface area contributed by atoms with E-state index in [1.807, 2.05) is 0 Å². The fraction of sp³-hybridized carbons (Fsp3) is 0.842. The molecule has 0 radical (unpaired) electrons. The zero-order valence-electron chi connectivity index (χ0n) is 14.4. The highest BCUT2D eigenvalue weighted by Crippen LogP contribution is 2.06. The number of carbonyl (C=O) groups excluding carboxylic acids is 1. The Labute approximate surface area is 132 Å². The highest BCUT2D eigenvalue weighted by Gasteiger charge is 2.01. The van der Waals surface area contributed by atoms with Crippen molar-refractivity contribution in [1.82, 2.24) is 0 Å². The minimum absolute atomic E-state index is 0.0185. The van der Waals surface area contributed by atoms with Crippen molar-refractivity contribution in [2.24, 2.45) is 0 Å². The number of allylic oxidation sites excluding steroid dienone is 2. The molecule has 0 aliphatic rings. The molecule has 0 heterocycles. The van der Waals surface area contributed by atoms with E-state index in [4.69, 9.17) is 4.74 Å². The van der Waals surface area contributed by atoms with E-state index in [2.05, 4.69) is 26.0 Å². The van der Waals surface area contributed by atoms with Gasteiger partial charge in [0, 0.05) is 6.42 Å². The van der Waals surface area contributed by atoms with E-state index >= 15 is 0 Å². The summed E-state index contributed by atoms with van der Waals surface area (Å²) in [6.07, 6.45) is 19.5. The Morgan fingerprint density at radius 2 is 1.33 bits per heavy atom. The molecule has 0 aromatic heterocycles. The van der Waals surface area contributed by atoms with Gasteiger partial charge in [0.2, 0.25) is 0 Å². The summed E-state index contributed by atoms with van der Waals surface area (Å²) in [6.45, 7) is 5.04. The van der Waals surface area contributed by atoms with Crippen LogP contribution in [0.1, 0.15) is 97.3 Å². The van der Waals surface area contributed by atoms with Crippen molar-refractivity contribution in [3.63, 3.8) is 0 Å². The van der Waals surface area contributed by atoms with Gasteiger partial charge >= 0.3 is 5.97 Å². The molecule has 0 amide bonds. The molecule has 0 aliphatic carbocycles. The SMILES string of the molecule is CCCCCC/C=C/CCCCC(=O)OCCCCCC. The number of ether oxygens (including phenoxy) is 1. The predicted octanol–water partition coefficient (Wildman–Crippen LogP) is 6.20. The van der Waals surface area contributed by atoms with Crippen LogP contribution in [0.4, 0.5) is 0 Å². The molecule has 0 aliphatic heterocycles. The van der Waals surface area contributed by atoms with E-state index in [1.165, 1.54) is 51.4 Å². The van der Waals surface area contributed by atoms with Crippen molar-refractivity contribution in [3.8, 4) is 0 Å². The van der Waals surface area contributed by atoms with Gasteiger partial charge in [0.05, 0.1) is 6.61 Å². The van der Waals surface area contributed by atoms with Gasteiger partial charge in [0.15, 0.2) is 0 Å². The monoisotopic (exact) mass is 296 g/mol. The molecular formula is C19H36O2. The number of hydrogen-bond donors (Lipinski definition) is 0. The Hall–Kier alpha value is -0.790. The molecule has 0 saturated carbocycles. The van der Waals surface area contributed by atoms with E-state index in [1.54, 1.807) is 0 Å². The fourth-order valence-electron chi connectivity index (χ4n) is 2.24. The Bertz CT molecular complexity index is 246. The van der Waals surface area contributed by atoms with Crippen LogP contribution in [-0.2, 0) is 9.53 Å². The number of unbranched alkanes of at least 4 members (excludes halogenated alkanes) is 9. The Kier molecular flexibility index (Phi) is 16.6. The minimum Gasteiger partial charge on any atom is -0.466 e. The Morgan fingerprint density at radius 3 is 1.95 bits per heavy atom. The second-order valence-electron chi connectivity index (χ2n) is 5.85. The first-order valence-electron chi connectivity index (χ1n) is 9.11. The van der Waals surface area contributed by atoms with Crippen molar-refractivity contribution in [1.29, 1.82) is 0 Å². The van der Waals surface area contributed by atoms with E-state index in [0.29, 0.717) is 13.0 Å². The van der Waals surface area contributed by atoms with Crippen molar-refractivity contribution in [2.45, 2.75) is 97.3 Å². The van der Waals surface area contributed by atoms with Gasteiger partial charge < -0.3 is 4.74 Å². The van der Waals surface area contributed by atoms with E-state index < -0.39 is 0 Å². The van der Waals surface area contributed by atoms with Crippen LogP contribution in [-0.4, -0.2) is 12.6 Å². The molecule has 21 heavy (non-hydrogen) atoms. The number of rotatable bonds is 15. The van der Waals surface area contributed by atoms with Gasteiger partial charge in [-0.2, -0.15) is 0 Å². The molecule has 0 atom stereocenters. The third kappa shape index (κ3) is 17.2. The smallest absolute Gasteiger partial charge is 0.305 e. The molecule has 0 bridgehead atoms. The highest BCUT2D eigenvalue weighted by atomic mass is 16.5. The second-order valence-corrected chi connectivity index (χ2v) is 5.85. The normalized spacial score (nSPS) is 11.1. The van der Waals surface area contributed by atoms with Gasteiger partial charge in [-0.25, -0.2) is 0 Å². The van der Waals surface area contributed by atoms with Crippen LogP contribution >= 0.6 is 0 Å². The van der Waals surface area contributed by atoms with Gasteiger partial charge in [0.1, 0.15) is 0 Å². The molecule has 0 rings (SSSR count). The summed E-state index contributed by atoms with van der Waals surface area (Å²) in [7, 11) is 0. The zero-order chi connectivity index (χ0) is 15.6. The average Bonchev–Trinajstić information content (AvgIpc) is 2.49. The van der Waals surface area contributed by atoms with Gasteiger partial charge in [0.25, 0.3) is 0 Å². The fourth-order valence-corrected chi connectivity index (χ4v) is 2.24. The van der Waals surface area contributed by atoms with Crippen LogP contribution in [0.3, 0.4) is 0 Å². The lowest BCUT2D eigenvalue weighted by molar-refractivity contribution is -0.143. The summed E-state index contributed by atoms with van der Waals surface area (Å²) in [6, 6.07) is 0. The van der Waals surface area contributed by atoms with Gasteiger partial charge in [-0.1, -0.05) is 64.5 Å². The summed E-state index contributed by atoms with van der Waals surface area (Å²) >= 11 is 0. The molecular weight excluding hydrogens is 260 g/mol. The van der Waals surface area contributed by atoms with Crippen molar-refractivity contribution < 1.29 is 9.53 Å². The maximum absolute atomic E-state index is 11.5. The van der Waals surface area contributed by atoms with Crippen LogP contribution in [0.25, 0.3) is 0 Å². The van der Waals surface area contributed by atoms with Gasteiger partial charge in [-0.05, 0) is 38.5 Å². The summed E-state index contributed by atoms with van der Waals surface area (Å²) in [5, 5.41) is 0. The minimum atomic E-state index is -0.0185. The standard InChI is InChI=1S/C19H36O2/c1-3-5-7-9-10-11-12-13-14-15-17-19(20)21-18-16-8-6-4-2/h11-12H,3-10,13-18H2,1-2H3/b12-11+. The molecule has 2 nitrogen and oxygen atoms in total. The number of hydrogen-bond acceptors (Lipinski definition) is 2. The molecule has 0 aromatic rings.